The molecule has 0 saturated heterocycles. The summed E-state index contributed by atoms with van der Waals surface area (Å²) in [7, 11) is 2.16. The highest BCUT2D eigenvalue weighted by Crippen LogP contribution is 2.13. The van der Waals surface area contributed by atoms with Gasteiger partial charge in [0, 0.05) is 26.3 Å². The molecule has 24 heavy (non-hydrogen) atoms. The van der Waals surface area contributed by atoms with Gasteiger partial charge in [-0.15, -0.1) is 0 Å². The summed E-state index contributed by atoms with van der Waals surface area (Å²) in [5.74, 6) is 1.49. The van der Waals surface area contributed by atoms with E-state index in [4.69, 9.17) is 9.47 Å². The van der Waals surface area contributed by atoms with Crippen molar-refractivity contribution in [2.75, 3.05) is 46.6 Å². The van der Waals surface area contributed by atoms with Gasteiger partial charge in [0.05, 0.1) is 13.2 Å². The number of unbranched alkanes of at least 4 members (excludes halogenated alkanes) is 2. The van der Waals surface area contributed by atoms with Gasteiger partial charge in [-0.2, -0.15) is 0 Å². The summed E-state index contributed by atoms with van der Waals surface area (Å²) in [6, 6.07) is 0. The average molecular weight is 344 g/mol. The molecule has 0 amide bonds. The molecule has 0 bridgehead atoms. The Hall–Kier alpha value is -0.120. The third kappa shape index (κ3) is 14.2. The van der Waals surface area contributed by atoms with Crippen LogP contribution in [-0.4, -0.2) is 51.5 Å². The van der Waals surface area contributed by atoms with E-state index in [1.807, 2.05) is 0 Å². The van der Waals surface area contributed by atoms with E-state index in [9.17, 15) is 0 Å². The number of rotatable bonds is 18. The van der Waals surface area contributed by atoms with Crippen LogP contribution in [0.3, 0.4) is 0 Å². The standard InChI is InChI=1S/C21H45NO2/c1-6-10-12-20(8-3)18-23-16-14-22(5)15-17-24-19-21(9-4)13-11-7-2/h20-21H,6-19H2,1-5H3/t20-,21-/m1/s1. The minimum Gasteiger partial charge on any atom is -0.380 e. The van der Waals surface area contributed by atoms with E-state index in [-0.39, 0.29) is 0 Å². The van der Waals surface area contributed by atoms with Gasteiger partial charge < -0.3 is 14.4 Å². The molecule has 0 fully saturated rings. The normalized spacial score (nSPS) is 14.2. The molecule has 0 aromatic rings. The van der Waals surface area contributed by atoms with Crippen LogP contribution in [0.5, 0.6) is 0 Å². The van der Waals surface area contributed by atoms with Crippen LogP contribution in [0.25, 0.3) is 0 Å². The van der Waals surface area contributed by atoms with Gasteiger partial charge in [-0.3, -0.25) is 0 Å². The van der Waals surface area contributed by atoms with Crippen LogP contribution in [-0.2, 0) is 9.47 Å². The van der Waals surface area contributed by atoms with Crippen molar-refractivity contribution in [2.45, 2.75) is 79.1 Å². The minimum atomic E-state index is 0.743. The van der Waals surface area contributed by atoms with Crippen molar-refractivity contribution in [3.05, 3.63) is 0 Å². The Morgan fingerprint density at radius 2 is 1.12 bits per heavy atom. The molecule has 0 heterocycles. The smallest absolute Gasteiger partial charge is 0.0593 e. The Morgan fingerprint density at radius 1 is 0.708 bits per heavy atom. The van der Waals surface area contributed by atoms with Crippen LogP contribution in [0, 0.1) is 11.8 Å². The Kier molecular flexibility index (Phi) is 17.6. The Morgan fingerprint density at radius 3 is 1.46 bits per heavy atom. The summed E-state index contributed by atoms with van der Waals surface area (Å²) in [5.41, 5.74) is 0. The summed E-state index contributed by atoms with van der Waals surface area (Å²) in [4.78, 5) is 2.32. The summed E-state index contributed by atoms with van der Waals surface area (Å²) in [6.45, 7) is 14.6. The lowest BCUT2D eigenvalue weighted by atomic mass is 10.0. The van der Waals surface area contributed by atoms with E-state index in [0.717, 1.165) is 51.4 Å². The van der Waals surface area contributed by atoms with Gasteiger partial charge in [-0.25, -0.2) is 0 Å². The van der Waals surface area contributed by atoms with E-state index in [1.165, 1.54) is 51.4 Å². The highest BCUT2D eigenvalue weighted by Gasteiger charge is 2.08. The van der Waals surface area contributed by atoms with Crippen molar-refractivity contribution in [1.82, 2.24) is 4.90 Å². The number of nitrogens with zero attached hydrogens (tertiary/aromatic N) is 1. The van der Waals surface area contributed by atoms with Crippen molar-refractivity contribution in [3.8, 4) is 0 Å². The predicted octanol–water partition coefficient (Wildman–Crippen LogP) is 5.38. The average Bonchev–Trinajstić information content (AvgIpc) is 2.60. The molecule has 0 aromatic carbocycles. The molecule has 3 nitrogen and oxygen atoms in total. The van der Waals surface area contributed by atoms with Crippen LogP contribution in [0.2, 0.25) is 0 Å². The second-order valence-corrected chi connectivity index (χ2v) is 7.29. The summed E-state index contributed by atoms with van der Waals surface area (Å²) in [5, 5.41) is 0. The number of hydrogen-bond acceptors (Lipinski definition) is 3. The van der Waals surface area contributed by atoms with Crippen LogP contribution in [0.4, 0.5) is 0 Å². The molecule has 0 aliphatic rings. The molecule has 2 atom stereocenters. The Bertz CT molecular complexity index is 224. The number of ether oxygens (including phenoxy) is 2. The van der Waals surface area contributed by atoms with Crippen LogP contribution in [0.15, 0.2) is 0 Å². The van der Waals surface area contributed by atoms with Gasteiger partial charge in [0.25, 0.3) is 0 Å². The Labute approximate surface area is 152 Å². The first-order valence-corrected chi connectivity index (χ1v) is 10.5. The molecule has 0 aliphatic carbocycles. The molecule has 0 rings (SSSR count). The van der Waals surface area contributed by atoms with Gasteiger partial charge in [0.2, 0.25) is 0 Å². The minimum absolute atomic E-state index is 0.743. The maximum Gasteiger partial charge on any atom is 0.0593 e. The molecule has 3 heteroatoms. The molecule has 0 spiro atoms. The maximum absolute atomic E-state index is 5.88. The molecule has 0 radical (unpaired) electrons. The Balaban J connectivity index is 3.56. The van der Waals surface area contributed by atoms with Gasteiger partial charge in [-0.1, -0.05) is 66.2 Å². The van der Waals surface area contributed by atoms with Crippen LogP contribution < -0.4 is 0 Å². The molecular weight excluding hydrogens is 298 g/mol. The zero-order valence-electron chi connectivity index (χ0n) is 17.3. The van der Waals surface area contributed by atoms with Gasteiger partial charge in [0.15, 0.2) is 0 Å². The van der Waals surface area contributed by atoms with Crippen molar-refractivity contribution >= 4 is 0 Å². The first-order valence-electron chi connectivity index (χ1n) is 10.5. The van der Waals surface area contributed by atoms with Crippen molar-refractivity contribution in [3.63, 3.8) is 0 Å². The molecule has 0 aromatic heterocycles. The zero-order valence-corrected chi connectivity index (χ0v) is 17.3. The van der Waals surface area contributed by atoms with Crippen LogP contribution >= 0.6 is 0 Å². The second kappa shape index (κ2) is 17.7. The summed E-state index contributed by atoms with van der Waals surface area (Å²) >= 11 is 0. The van der Waals surface area contributed by atoms with Crippen molar-refractivity contribution in [1.29, 1.82) is 0 Å². The first-order chi connectivity index (χ1) is 11.7. The fourth-order valence-corrected chi connectivity index (χ4v) is 2.85. The number of hydrogen-bond donors (Lipinski definition) is 0. The topological polar surface area (TPSA) is 21.7 Å². The van der Waals surface area contributed by atoms with E-state index in [1.54, 1.807) is 0 Å². The third-order valence-corrected chi connectivity index (χ3v) is 5.03. The highest BCUT2D eigenvalue weighted by molar-refractivity contribution is 4.58. The lowest BCUT2D eigenvalue weighted by Gasteiger charge is -2.20. The van der Waals surface area contributed by atoms with Crippen molar-refractivity contribution in [2.24, 2.45) is 11.8 Å². The number of likely N-dealkylation sites (N-methyl/N-ethyl adjacent to an activating group) is 1. The molecule has 0 saturated carbocycles. The largest absolute Gasteiger partial charge is 0.380 e. The van der Waals surface area contributed by atoms with Gasteiger partial charge >= 0.3 is 0 Å². The zero-order chi connectivity index (χ0) is 18.0. The fourth-order valence-electron chi connectivity index (χ4n) is 2.85. The lowest BCUT2D eigenvalue weighted by molar-refractivity contribution is 0.0563. The van der Waals surface area contributed by atoms with Gasteiger partial charge in [-0.05, 0) is 31.7 Å². The van der Waals surface area contributed by atoms with Gasteiger partial charge in [0.1, 0.15) is 0 Å². The van der Waals surface area contributed by atoms with E-state index < -0.39 is 0 Å². The van der Waals surface area contributed by atoms with E-state index in [0.29, 0.717) is 0 Å². The molecule has 0 aliphatic heterocycles. The third-order valence-electron chi connectivity index (χ3n) is 5.03. The monoisotopic (exact) mass is 343 g/mol. The molecule has 0 unspecified atom stereocenters. The second-order valence-electron chi connectivity index (χ2n) is 7.29. The summed E-state index contributed by atoms with van der Waals surface area (Å²) < 4.78 is 11.8. The first kappa shape index (κ1) is 23.9. The van der Waals surface area contributed by atoms with E-state index >= 15 is 0 Å². The predicted molar refractivity (Wildman–Crippen MR) is 106 cm³/mol. The van der Waals surface area contributed by atoms with E-state index in [2.05, 4.69) is 39.6 Å². The fraction of sp³-hybridized carbons (Fsp3) is 1.00. The van der Waals surface area contributed by atoms with Crippen LogP contribution in [0.1, 0.15) is 79.1 Å². The lowest BCUT2D eigenvalue weighted by Crippen LogP contribution is -2.28. The SMILES string of the molecule is CCCC[C@@H](CC)COCCN(C)CCOC[C@H](CC)CCCC. The molecule has 0 N–H and O–H groups in total. The van der Waals surface area contributed by atoms with Crippen molar-refractivity contribution < 1.29 is 9.47 Å². The highest BCUT2D eigenvalue weighted by atomic mass is 16.5. The molecule has 146 valence electrons. The maximum atomic E-state index is 5.88. The molecular formula is C21H45NO2. The summed E-state index contributed by atoms with van der Waals surface area (Å²) in [6.07, 6.45) is 10.3. The quantitative estimate of drug-likeness (QED) is 0.312.